The van der Waals surface area contributed by atoms with Crippen molar-refractivity contribution in [3.05, 3.63) is 0 Å². The van der Waals surface area contributed by atoms with E-state index >= 15 is 0 Å². The molecule has 1 amide bonds. The largest absolute Gasteiger partial charge is 0.339 e. The number of nitrogens with zero attached hydrogens (tertiary/aromatic N) is 1. The molecule has 0 aromatic heterocycles. The van der Waals surface area contributed by atoms with Gasteiger partial charge in [-0.3, -0.25) is 4.79 Å². The van der Waals surface area contributed by atoms with Crippen molar-refractivity contribution < 1.29 is 4.79 Å². The van der Waals surface area contributed by atoms with Gasteiger partial charge in [0.15, 0.2) is 0 Å². The van der Waals surface area contributed by atoms with Crippen LogP contribution in [0, 0.1) is 11.8 Å². The van der Waals surface area contributed by atoms with Gasteiger partial charge >= 0.3 is 0 Å². The molecule has 68 valence electrons. The fraction of sp³-hybridized carbons (Fsp3) is 0.900. The van der Waals surface area contributed by atoms with E-state index < -0.39 is 0 Å². The van der Waals surface area contributed by atoms with Crippen LogP contribution in [0.15, 0.2) is 0 Å². The summed E-state index contributed by atoms with van der Waals surface area (Å²) in [6.07, 6.45) is 3.44. The van der Waals surface area contributed by atoms with E-state index in [0.29, 0.717) is 17.9 Å². The zero-order valence-electron chi connectivity index (χ0n) is 7.92. The maximum absolute atomic E-state index is 11.5. The highest BCUT2D eigenvalue weighted by atomic mass is 16.2. The fourth-order valence-electron chi connectivity index (χ4n) is 2.14. The van der Waals surface area contributed by atoms with Gasteiger partial charge in [0.1, 0.15) is 0 Å². The number of likely N-dealkylation sites (tertiary alicyclic amines) is 1. The van der Waals surface area contributed by atoms with Crippen LogP contribution in [-0.2, 0) is 4.79 Å². The van der Waals surface area contributed by atoms with Gasteiger partial charge in [0, 0.05) is 19.0 Å². The fourth-order valence-corrected chi connectivity index (χ4v) is 2.14. The summed E-state index contributed by atoms with van der Waals surface area (Å²) in [5.41, 5.74) is 0. The average molecular weight is 167 g/mol. The van der Waals surface area contributed by atoms with Crippen molar-refractivity contribution in [2.24, 2.45) is 11.8 Å². The monoisotopic (exact) mass is 167 g/mol. The van der Waals surface area contributed by atoms with Gasteiger partial charge < -0.3 is 4.90 Å². The summed E-state index contributed by atoms with van der Waals surface area (Å²) in [6, 6.07) is 0.516. The van der Waals surface area contributed by atoms with E-state index in [9.17, 15) is 4.79 Å². The zero-order chi connectivity index (χ0) is 8.72. The minimum atomic E-state index is 0.377. The number of hydrogen-bond donors (Lipinski definition) is 0. The molecule has 0 spiro atoms. The maximum Gasteiger partial charge on any atom is 0.223 e. The van der Waals surface area contributed by atoms with Crippen molar-refractivity contribution >= 4 is 5.91 Å². The highest BCUT2D eigenvalue weighted by molar-refractivity contribution is 5.78. The van der Waals surface area contributed by atoms with Crippen molar-refractivity contribution in [2.75, 3.05) is 6.54 Å². The van der Waals surface area contributed by atoms with E-state index in [1.165, 1.54) is 12.8 Å². The first kappa shape index (κ1) is 8.09. The van der Waals surface area contributed by atoms with Gasteiger partial charge in [0.2, 0.25) is 5.91 Å². The van der Waals surface area contributed by atoms with E-state index in [0.717, 1.165) is 18.9 Å². The number of carbonyl (C=O) groups is 1. The maximum atomic E-state index is 11.5. The Labute approximate surface area is 73.9 Å². The first-order valence-electron chi connectivity index (χ1n) is 4.98. The molecule has 2 fully saturated rings. The van der Waals surface area contributed by atoms with Gasteiger partial charge in [0.25, 0.3) is 0 Å². The smallest absolute Gasteiger partial charge is 0.223 e. The summed E-state index contributed by atoms with van der Waals surface area (Å²) in [7, 11) is 0. The van der Waals surface area contributed by atoms with Crippen LogP contribution in [0.4, 0.5) is 0 Å². The molecule has 2 aliphatic rings. The summed E-state index contributed by atoms with van der Waals surface area (Å²) < 4.78 is 0. The molecule has 2 heteroatoms. The van der Waals surface area contributed by atoms with Crippen LogP contribution in [0.2, 0.25) is 0 Å². The Morgan fingerprint density at radius 1 is 1.50 bits per heavy atom. The Hall–Kier alpha value is -0.530. The van der Waals surface area contributed by atoms with Crippen LogP contribution < -0.4 is 0 Å². The first-order chi connectivity index (χ1) is 5.68. The molecule has 1 heterocycles. The Morgan fingerprint density at radius 3 is 2.58 bits per heavy atom. The third kappa shape index (κ3) is 1.35. The van der Waals surface area contributed by atoms with Gasteiger partial charge in [-0.1, -0.05) is 6.92 Å². The molecule has 2 atom stereocenters. The Kier molecular flexibility index (Phi) is 1.85. The highest BCUT2D eigenvalue weighted by Crippen LogP contribution is 2.37. The molecule has 0 aromatic rings. The molecule has 12 heavy (non-hydrogen) atoms. The number of rotatable bonds is 2. The van der Waals surface area contributed by atoms with Crippen molar-refractivity contribution in [2.45, 2.75) is 39.2 Å². The minimum Gasteiger partial charge on any atom is -0.339 e. The second kappa shape index (κ2) is 2.75. The van der Waals surface area contributed by atoms with E-state index in [-0.39, 0.29) is 0 Å². The van der Waals surface area contributed by atoms with E-state index in [1.54, 1.807) is 0 Å². The van der Waals surface area contributed by atoms with E-state index in [4.69, 9.17) is 0 Å². The first-order valence-corrected chi connectivity index (χ1v) is 4.98. The lowest BCUT2D eigenvalue weighted by molar-refractivity contribution is -0.129. The van der Waals surface area contributed by atoms with Crippen LogP contribution in [0.5, 0.6) is 0 Å². The SMILES string of the molecule is CC1CC(=O)N([C@H](C)C2CC2)C1. The predicted molar refractivity (Wildman–Crippen MR) is 47.7 cm³/mol. The molecule has 2 rings (SSSR count). The third-order valence-corrected chi connectivity index (χ3v) is 3.15. The van der Waals surface area contributed by atoms with Gasteiger partial charge in [-0.2, -0.15) is 0 Å². The molecule has 1 saturated heterocycles. The molecule has 1 aliphatic carbocycles. The van der Waals surface area contributed by atoms with Gasteiger partial charge in [0.05, 0.1) is 0 Å². The standard InChI is InChI=1S/C10H17NO/c1-7-5-10(12)11(6-7)8(2)9-3-4-9/h7-9H,3-6H2,1-2H3/t7?,8-/m1/s1. The van der Waals surface area contributed by atoms with Crippen molar-refractivity contribution in [3.8, 4) is 0 Å². The molecule has 0 radical (unpaired) electrons. The van der Waals surface area contributed by atoms with Crippen LogP contribution in [0.1, 0.15) is 33.1 Å². The minimum absolute atomic E-state index is 0.377. The molecule has 1 unspecified atom stereocenters. The Balaban J connectivity index is 1.98. The van der Waals surface area contributed by atoms with Crippen LogP contribution >= 0.6 is 0 Å². The van der Waals surface area contributed by atoms with Crippen LogP contribution in [0.25, 0.3) is 0 Å². The lowest BCUT2D eigenvalue weighted by Crippen LogP contribution is -2.35. The third-order valence-electron chi connectivity index (χ3n) is 3.15. The Bertz CT molecular complexity index is 198. The summed E-state index contributed by atoms with van der Waals surface area (Å²) in [5.74, 6) is 1.78. The highest BCUT2D eigenvalue weighted by Gasteiger charge is 2.37. The summed E-state index contributed by atoms with van der Waals surface area (Å²) in [5, 5.41) is 0. The normalized spacial score (nSPS) is 32.7. The van der Waals surface area contributed by atoms with Crippen molar-refractivity contribution in [3.63, 3.8) is 0 Å². The predicted octanol–water partition coefficient (Wildman–Crippen LogP) is 1.65. The quantitative estimate of drug-likeness (QED) is 0.612. The van der Waals surface area contributed by atoms with E-state index in [1.807, 2.05) is 0 Å². The summed E-state index contributed by atoms with van der Waals surface area (Å²) >= 11 is 0. The molecule has 0 aromatic carbocycles. The van der Waals surface area contributed by atoms with E-state index in [2.05, 4.69) is 18.7 Å². The van der Waals surface area contributed by atoms with Crippen LogP contribution in [-0.4, -0.2) is 23.4 Å². The molecule has 0 bridgehead atoms. The lowest BCUT2D eigenvalue weighted by atomic mass is 10.1. The summed E-state index contributed by atoms with van der Waals surface area (Å²) in [4.78, 5) is 13.6. The number of amides is 1. The molecule has 0 N–H and O–H groups in total. The number of carbonyl (C=O) groups excluding carboxylic acids is 1. The molecule has 1 aliphatic heterocycles. The van der Waals surface area contributed by atoms with Crippen molar-refractivity contribution in [1.82, 2.24) is 4.90 Å². The Morgan fingerprint density at radius 2 is 2.17 bits per heavy atom. The van der Waals surface area contributed by atoms with Gasteiger partial charge in [-0.25, -0.2) is 0 Å². The molecular formula is C10H17NO. The lowest BCUT2D eigenvalue weighted by Gasteiger charge is -2.24. The number of hydrogen-bond acceptors (Lipinski definition) is 1. The summed E-state index contributed by atoms with van der Waals surface area (Å²) in [6.45, 7) is 5.36. The zero-order valence-corrected chi connectivity index (χ0v) is 7.92. The van der Waals surface area contributed by atoms with Crippen molar-refractivity contribution in [1.29, 1.82) is 0 Å². The average Bonchev–Trinajstić information content (AvgIpc) is 2.77. The van der Waals surface area contributed by atoms with Gasteiger partial charge in [-0.15, -0.1) is 0 Å². The topological polar surface area (TPSA) is 20.3 Å². The molecule has 1 saturated carbocycles. The molecular weight excluding hydrogens is 150 g/mol. The van der Waals surface area contributed by atoms with Gasteiger partial charge in [-0.05, 0) is 31.6 Å². The second-order valence-corrected chi connectivity index (χ2v) is 4.43. The van der Waals surface area contributed by atoms with Crippen LogP contribution in [0.3, 0.4) is 0 Å². The second-order valence-electron chi connectivity index (χ2n) is 4.43. The molecule has 2 nitrogen and oxygen atoms in total.